The average molecular weight is 388 g/mol. The molecule has 0 fully saturated rings. The molecule has 0 aliphatic rings. The third-order valence-corrected chi connectivity index (χ3v) is 3.88. The Kier molecular flexibility index (Phi) is 4.69. The number of rotatable bonds is 3. The van der Waals surface area contributed by atoms with Crippen LogP contribution in [0.15, 0.2) is 33.9 Å². The Hall–Kier alpha value is -3.07. The number of aromatic nitrogens is 2. The number of benzene rings is 1. The van der Waals surface area contributed by atoms with Crippen molar-refractivity contribution in [3.05, 3.63) is 56.4 Å². The highest BCUT2D eigenvalue weighted by molar-refractivity contribution is 7.92. The molecule has 0 spiro atoms. The Bertz CT molecular complexity index is 1140. The van der Waals surface area contributed by atoms with Crippen LogP contribution in [0.5, 0.6) is 0 Å². The fourth-order valence-corrected chi connectivity index (χ4v) is 2.76. The maximum Gasteiger partial charge on any atom is 0.431 e. The van der Waals surface area contributed by atoms with E-state index >= 15 is 0 Å². The van der Waals surface area contributed by atoms with Crippen molar-refractivity contribution in [1.29, 1.82) is 5.26 Å². The van der Waals surface area contributed by atoms with Crippen molar-refractivity contribution in [2.75, 3.05) is 11.0 Å². The SMILES string of the molecule is Cn1c(C(F)(F)F)cc(=O)n(-c2ccc(C#N)c(NS(C)(=O)=O)c2)c1=O. The first kappa shape index (κ1) is 19.3. The second-order valence-corrected chi connectivity index (χ2v) is 7.01. The van der Waals surface area contributed by atoms with Gasteiger partial charge < -0.3 is 0 Å². The van der Waals surface area contributed by atoms with Gasteiger partial charge in [0, 0.05) is 13.1 Å². The summed E-state index contributed by atoms with van der Waals surface area (Å²) in [6.45, 7) is 0. The van der Waals surface area contributed by atoms with Gasteiger partial charge in [0.2, 0.25) is 10.0 Å². The molecule has 0 atom stereocenters. The lowest BCUT2D eigenvalue weighted by molar-refractivity contribution is -0.144. The standard InChI is InChI=1S/C14H11F3N4O4S/c1-20-11(14(15,16)17)6-12(22)21(13(20)23)9-4-3-8(7-18)10(5-9)19-26(2,24)25/h3-6,19H,1-2H3. The summed E-state index contributed by atoms with van der Waals surface area (Å²) in [6, 6.07) is 5.26. The van der Waals surface area contributed by atoms with Gasteiger partial charge in [-0.25, -0.2) is 17.8 Å². The zero-order valence-electron chi connectivity index (χ0n) is 13.3. The van der Waals surface area contributed by atoms with E-state index in [-0.39, 0.29) is 27.6 Å². The number of nitriles is 1. The van der Waals surface area contributed by atoms with Gasteiger partial charge in [0.05, 0.1) is 23.2 Å². The third kappa shape index (κ3) is 3.77. The molecule has 26 heavy (non-hydrogen) atoms. The van der Waals surface area contributed by atoms with Crippen LogP contribution in [0, 0.1) is 11.3 Å². The van der Waals surface area contributed by atoms with E-state index in [1.54, 1.807) is 6.07 Å². The third-order valence-electron chi connectivity index (χ3n) is 3.29. The Morgan fingerprint density at radius 2 is 1.81 bits per heavy atom. The largest absolute Gasteiger partial charge is 0.431 e. The minimum Gasteiger partial charge on any atom is -0.292 e. The number of nitrogens with zero attached hydrogens (tertiary/aromatic N) is 3. The highest BCUT2D eigenvalue weighted by Gasteiger charge is 2.35. The van der Waals surface area contributed by atoms with Crippen LogP contribution < -0.4 is 16.0 Å². The lowest BCUT2D eigenvalue weighted by atomic mass is 10.2. The van der Waals surface area contributed by atoms with Crippen LogP contribution in [0.4, 0.5) is 18.9 Å². The molecule has 8 nitrogen and oxygen atoms in total. The number of hydrogen-bond donors (Lipinski definition) is 1. The van der Waals surface area contributed by atoms with Crippen LogP contribution >= 0.6 is 0 Å². The highest BCUT2D eigenvalue weighted by atomic mass is 32.2. The average Bonchev–Trinajstić information content (AvgIpc) is 2.48. The normalized spacial score (nSPS) is 11.8. The van der Waals surface area contributed by atoms with E-state index in [0.29, 0.717) is 4.57 Å². The van der Waals surface area contributed by atoms with Crippen molar-refractivity contribution < 1.29 is 21.6 Å². The topological polar surface area (TPSA) is 114 Å². The maximum atomic E-state index is 12.9. The Balaban J connectivity index is 2.77. The number of anilines is 1. The number of nitrogens with one attached hydrogen (secondary N) is 1. The smallest absolute Gasteiger partial charge is 0.292 e. The monoisotopic (exact) mass is 388 g/mol. The van der Waals surface area contributed by atoms with Crippen molar-refractivity contribution >= 4 is 15.7 Å². The van der Waals surface area contributed by atoms with Gasteiger partial charge in [-0.05, 0) is 18.2 Å². The van der Waals surface area contributed by atoms with Crippen molar-refractivity contribution in [3.63, 3.8) is 0 Å². The molecule has 0 bridgehead atoms. The molecule has 0 unspecified atom stereocenters. The number of hydrogen-bond acceptors (Lipinski definition) is 5. The molecule has 0 saturated carbocycles. The molecule has 0 aliphatic heterocycles. The molecule has 138 valence electrons. The number of halogens is 3. The van der Waals surface area contributed by atoms with E-state index in [2.05, 4.69) is 0 Å². The fourth-order valence-electron chi connectivity index (χ4n) is 2.19. The Labute approximate surface area is 144 Å². The summed E-state index contributed by atoms with van der Waals surface area (Å²) in [7, 11) is -2.94. The van der Waals surface area contributed by atoms with Gasteiger partial charge >= 0.3 is 11.9 Å². The second-order valence-electron chi connectivity index (χ2n) is 5.26. The first-order valence-corrected chi connectivity index (χ1v) is 8.67. The predicted octanol–water partition coefficient (Wildman–Crippen LogP) is 0.798. The zero-order valence-corrected chi connectivity index (χ0v) is 14.1. The van der Waals surface area contributed by atoms with Crippen LogP contribution in [-0.2, 0) is 23.2 Å². The van der Waals surface area contributed by atoms with E-state index in [1.807, 2.05) is 4.72 Å². The summed E-state index contributed by atoms with van der Waals surface area (Å²) in [5, 5.41) is 9.01. The molecular formula is C14H11F3N4O4S. The number of alkyl halides is 3. The molecule has 2 aromatic rings. The van der Waals surface area contributed by atoms with Gasteiger partial charge in [-0.1, -0.05) is 0 Å². The summed E-state index contributed by atoms with van der Waals surface area (Å²) in [4.78, 5) is 24.3. The van der Waals surface area contributed by atoms with Crippen LogP contribution in [0.1, 0.15) is 11.3 Å². The quantitative estimate of drug-likeness (QED) is 0.835. The lowest BCUT2D eigenvalue weighted by Crippen LogP contribution is -2.40. The van der Waals surface area contributed by atoms with E-state index in [9.17, 15) is 31.2 Å². The second kappa shape index (κ2) is 6.34. The molecule has 1 N–H and O–H groups in total. The fraction of sp³-hybridized carbons (Fsp3) is 0.214. The lowest BCUT2D eigenvalue weighted by Gasteiger charge is -2.15. The number of sulfonamides is 1. The van der Waals surface area contributed by atoms with Crippen LogP contribution in [0.25, 0.3) is 5.69 Å². The minimum atomic E-state index is -4.90. The van der Waals surface area contributed by atoms with E-state index in [1.165, 1.54) is 0 Å². The van der Waals surface area contributed by atoms with Crippen molar-refractivity contribution in [2.24, 2.45) is 7.05 Å². The van der Waals surface area contributed by atoms with Gasteiger partial charge in [0.15, 0.2) is 0 Å². The predicted molar refractivity (Wildman–Crippen MR) is 85.5 cm³/mol. The molecule has 0 radical (unpaired) electrons. The molecular weight excluding hydrogens is 377 g/mol. The van der Waals surface area contributed by atoms with Crippen LogP contribution in [0.3, 0.4) is 0 Å². The van der Waals surface area contributed by atoms with E-state index in [0.717, 1.165) is 31.5 Å². The Morgan fingerprint density at radius 3 is 2.31 bits per heavy atom. The van der Waals surface area contributed by atoms with Gasteiger partial charge in [0.25, 0.3) is 5.56 Å². The molecule has 0 amide bonds. The molecule has 0 saturated heterocycles. The van der Waals surface area contributed by atoms with E-state index in [4.69, 9.17) is 5.26 Å². The van der Waals surface area contributed by atoms with Gasteiger partial charge in [-0.3, -0.25) is 14.1 Å². The van der Waals surface area contributed by atoms with Gasteiger partial charge in [-0.15, -0.1) is 0 Å². The van der Waals surface area contributed by atoms with Gasteiger partial charge in [-0.2, -0.15) is 18.4 Å². The summed E-state index contributed by atoms with van der Waals surface area (Å²) < 4.78 is 64.1. The van der Waals surface area contributed by atoms with Crippen molar-refractivity contribution in [3.8, 4) is 11.8 Å². The van der Waals surface area contributed by atoms with Crippen molar-refractivity contribution in [1.82, 2.24) is 9.13 Å². The van der Waals surface area contributed by atoms with Gasteiger partial charge in [0.1, 0.15) is 11.8 Å². The highest BCUT2D eigenvalue weighted by Crippen LogP contribution is 2.27. The summed E-state index contributed by atoms with van der Waals surface area (Å²) >= 11 is 0. The first-order valence-electron chi connectivity index (χ1n) is 6.78. The Morgan fingerprint density at radius 1 is 1.19 bits per heavy atom. The minimum absolute atomic E-state index is 0.101. The van der Waals surface area contributed by atoms with Crippen LogP contribution in [0.2, 0.25) is 0 Å². The van der Waals surface area contributed by atoms with Crippen LogP contribution in [-0.4, -0.2) is 23.8 Å². The summed E-state index contributed by atoms with van der Waals surface area (Å²) in [5.74, 6) is 0. The molecule has 2 rings (SSSR count). The molecule has 1 aromatic carbocycles. The van der Waals surface area contributed by atoms with Crippen molar-refractivity contribution in [2.45, 2.75) is 6.18 Å². The first-order chi connectivity index (χ1) is 11.8. The zero-order chi connectivity index (χ0) is 19.9. The van der Waals surface area contributed by atoms with E-state index < -0.39 is 33.1 Å². The molecule has 12 heteroatoms. The molecule has 1 aromatic heterocycles. The molecule has 0 aliphatic carbocycles. The maximum absolute atomic E-state index is 12.9. The summed E-state index contributed by atoms with van der Waals surface area (Å²) in [5.41, 5.74) is -4.48. The molecule has 1 heterocycles. The summed E-state index contributed by atoms with van der Waals surface area (Å²) in [6.07, 6.45) is -4.08.